The first-order valence-corrected chi connectivity index (χ1v) is 7.52. The minimum Gasteiger partial charge on any atom is -0.480 e. The summed E-state index contributed by atoms with van der Waals surface area (Å²) < 4.78 is 0. The third-order valence-electron chi connectivity index (χ3n) is 3.16. The molecule has 0 bridgehead atoms. The van der Waals surface area contributed by atoms with Crippen LogP contribution in [0.15, 0.2) is 12.2 Å². The second-order valence-corrected chi connectivity index (χ2v) is 4.93. The largest absolute Gasteiger partial charge is 0.480 e. The van der Waals surface area contributed by atoms with E-state index in [-0.39, 0.29) is 19.2 Å². The Balaban J connectivity index is 4.06. The van der Waals surface area contributed by atoms with Gasteiger partial charge in [-0.1, -0.05) is 19.1 Å². The van der Waals surface area contributed by atoms with Crippen LogP contribution in [0.25, 0.3) is 0 Å². The fraction of sp³-hybridized carbons (Fsp3) is 0.733. The van der Waals surface area contributed by atoms with Crippen LogP contribution in [0.1, 0.15) is 46.0 Å². The fourth-order valence-corrected chi connectivity index (χ4v) is 1.78. The van der Waals surface area contributed by atoms with Gasteiger partial charge in [0.15, 0.2) is 0 Å². The predicted octanol–water partition coefficient (Wildman–Crippen LogP) is 1.35. The summed E-state index contributed by atoms with van der Waals surface area (Å²) in [6.07, 6.45) is 7.71. The fourth-order valence-electron chi connectivity index (χ4n) is 1.78. The molecule has 21 heavy (non-hydrogen) atoms. The molecule has 0 heterocycles. The van der Waals surface area contributed by atoms with Crippen LogP contribution < -0.4 is 5.32 Å². The summed E-state index contributed by atoms with van der Waals surface area (Å²) >= 11 is 0. The minimum atomic E-state index is -0.938. The Morgan fingerprint density at radius 3 is 2.57 bits per heavy atom. The van der Waals surface area contributed by atoms with Gasteiger partial charge in [-0.3, -0.25) is 14.5 Å². The van der Waals surface area contributed by atoms with Crippen molar-refractivity contribution in [1.29, 1.82) is 0 Å². The molecule has 0 aliphatic heterocycles. The van der Waals surface area contributed by atoms with Crippen LogP contribution in [0.2, 0.25) is 0 Å². The number of amides is 1. The average Bonchev–Trinajstić information content (AvgIpc) is 2.46. The third kappa shape index (κ3) is 10.0. The van der Waals surface area contributed by atoms with Crippen molar-refractivity contribution in [3.05, 3.63) is 12.2 Å². The van der Waals surface area contributed by atoms with E-state index in [2.05, 4.69) is 24.4 Å². The molecule has 0 aromatic rings. The molecule has 0 aliphatic carbocycles. The topological polar surface area (TPSA) is 89.9 Å². The number of nitrogens with one attached hydrogen (secondary N) is 1. The lowest BCUT2D eigenvalue weighted by Gasteiger charge is -2.26. The van der Waals surface area contributed by atoms with E-state index in [1.54, 1.807) is 11.8 Å². The number of carboxylic acid groups (broad SMARTS) is 1. The van der Waals surface area contributed by atoms with Crippen LogP contribution in [0.4, 0.5) is 0 Å². The first-order chi connectivity index (χ1) is 10.0. The normalized spacial score (nSPS) is 12.8. The smallest absolute Gasteiger partial charge is 0.320 e. The molecule has 0 aromatic carbocycles. The highest BCUT2D eigenvalue weighted by Crippen LogP contribution is 2.01. The molecule has 0 fully saturated rings. The highest BCUT2D eigenvalue weighted by Gasteiger charge is 2.20. The summed E-state index contributed by atoms with van der Waals surface area (Å²) in [5.41, 5.74) is 0. The molecule has 6 nitrogen and oxygen atoms in total. The Hall–Kier alpha value is -1.40. The number of aliphatic hydroxyl groups excluding tert-OH is 1. The number of hydrogen-bond acceptors (Lipinski definition) is 4. The highest BCUT2D eigenvalue weighted by atomic mass is 16.4. The number of hydrogen-bond donors (Lipinski definition) is 3. The number of carbonyl (C=O) groups is 2. The second kappa shape index (κ2) is 12.3. The number of carbonyl (C=O) groups excluding carboxylic acids is 1. The molecule has 0 rings (SSSR count). The van der Waals surface area contributed by atoms with Crippen molar-refractivity contribution in [2.24, 2.45) is 0 Å². The first kappa shape index (κ1) is 19.6. The van der Waals surface area contributed by atoms with Crippen molar-refractivity contribution in [2.45, 2.75) is 52.0 Å². The summed E-state index contributed by atoms with van der Waals surface area (Å²) in [5.74, 6) is -1.02. The van der Waals surface area contributed by atoms with E-state index in [1.165, 1.54) is 0 Å². The molecule has 1 unspecified atom stereocenters. The van der Waals surface area contributed by atoms with Crippen molar-refractivity contribution in [3.63, 3.8) is 0 Å². The molecular formula is C15H28N2O4. The lowest BCUT2D eigenvalue weighted by Crippen LogP contribution is -2.46. The number of rotatable bonds is 12. The van der Waals surface area contributed by atoms with Gasteiger partial charge in [-0.2, -0.15) is 0 Å². The van der Waals surface area contributed by atoms with Crippen molar-refractivity contribution < 1.29 is 19.8 Å². The number of allylic oxidation sites excluding steroid dienone is 2. The van der Waals surface area contributed by atoms with Gasteiger partial charge in [-0.25, -0.2) is 0 Å². The molecule has 0 radical (unpaired) electrons. The lowest BCUT2D eigenvalue weighted by molar-refractivity contribution is -0.143. The summed E-state index contributed by atoms with van der Waals surface area (Å²) in [6, 6.07) is -0.690. The van der Waals surface area contributed by atoms with E-state index in [0.29, 0.717) is 19.4 Å². The molecule has 0 saturated carbocycles. The van der Waals surface area contributed by atoms with Crippen LogP contribution in [0.5, 0.6) is 0 Å². The molecule has 6 heteroatoms. The van der Waals surface area contributed by atoms with E-state index in [9.17, 15) is 9.59 Å². The summed E-state index contributed by atoms with van der Waals surface area (Å²) in [5, 5.41) is 20.6. The maximum atomic E-state index is 11.7. The molecule has 1 atom stereocenters. The Bertz CT molecular complexity index is 332. The van der Waals surface area contributed by atoms with Gasteiger partial charge in [0, 0.05) is 19.6 Å². The van der Waals surface area contributed by atoms with Gasteiger partial charge in [-0.05, 0) is 32.6 Å². The van der Waals surface area contributed by atoms with Crippen molar-refractivity contribution >= 4 is 11.9 Å². The number of aliphatic hydroxyl groups is 1. The zero-order chi connectivity index (χ0) is 16.1. The van der Waals surface area contributed by atoms with Crippen molar-refractivity contribution in [2.75, 3.05) is 19.8 Å². The molecule has 1 amide bonds. The van der Waals surface area contributed by atoms with E-state index in [0.717, 1.165) is 19.3 Å². The zero-order valence-corrected chi connectivity index (χ0v) is 13.0. The van der Waals surface area contributed by atoms with Crippen molar-refractivity contribution in [1.82, 2.24) is 10.2 Å². The second-order valence-electron chi connectivity index (χ2n) is 4.93. The number of aliphatic carboxylic acids is 1. The number of unbranched alkanes of at least 4 members (excludes halogenated alkanes) is 1. The predicted molar refractivity (Wildman–Crippen MR) is 81.8 cm³/mol. The van der Waals surface area contributed by atoms with Gasteiger partial charge in [0.2, 0.25) is 5.91 Å². The Labute approximate surface area is 126 Å². The van der Waals surface area contributed by atoms with Crippen LogP contribution in [0, 0.1) is 0 Å². The average molecular weight is 300 g/mol. The molecule has 0 aliphatic rings. The summed E-state index contributed by atoms with van der Waals surface area (Å²) in [4.78, 5) is 24.3. The quantitative estimate of drug-likeness (QED) is 0.288. The Kier molecular flexibility index (Phi) is 11.5. The van der Waals surface area contributed by atoms with E-state index in [4.69, 9.17) is 10.2 Å². The maximum Gasteiger partial charge on any atom is 0.320 e. The zero-order valence-electron chi connectivity index (χ0n) is 13.0. The lowest BCUT2D eigenvalue weighted by atomic mass is 10.2. The van der Waals surface area contributed by atoms with Crippen LogP contribution >= 0.6 is 0 Å². The highest BCUT2D eigenvalue weighted by molar-refractivity contribution is 5.76. The molecule has 0 aromatic heterocycles. The van der Waals surface area contributed by atoms with Crippen LogP contribution in [-0.2, 0) is 9.59 Å². The van der Waals surface area contributed by atoms with Crippen LogP contribution in [-0.4, -0.2) is 52.9 Å². The molecular weight excluding hydrogens is 272 g/mol. The van der Waals surface area contributed by atoms with E-state index < -0.39 is 12.0 Å². The van der Waals surface area contributed by atoms with E-state index in [1.807, 2.05) is 0 Å². The Morgan fingerprint density at radius 1 is 1.29 bits per heavy atom. The molecule has 0 spiro atoms. The standard InChI is InChI=1S/C15H28N2O4/c1-3-4-5-6-7-9-14(19)16-12-17(10-8-11-18)13(2)15(20)21/h4-5,13,18H,3,6-12H2,1-2H3,(H,16,19)(H,20,21)/b5-4+. The molecule has 122 valence electrons. The number of nitrogens with zero attached hydrogens (tertiary/aromatic N) is 1. The van der Waals surface area contributed by atoms with Crippen LogP contribution in [0.3, 0.4) is 0 Å². The van der Waals surface area contributed by atoms with Gasteiger partial charge in [0.1, 0.15) is 6.04 Å². The first-order valence-electron chi connectivity index (χ1n) is 7.52. The molecule has 0 saturated heterocycles. The van der Waals surface area contributed by atoms with Gasteiger partial charge in [0.05, 0.1) is 6.67 Å². The number of carboxylic acids is 1. The minimum absolute atomic E-state index is 0.000544. The SMILES string of the molecule is CC/C=C/CCCC(=O)NCN(CCCO)C(C)C(=O)O. The molecule has 3 N–H and O–H groups in total. The Morgan fingerprint density at radius 2 is 2.00 bits per heavy atom. The van der Waals surface area contributed by atoms with E-state index >= 15 is 0 Å². The van der Waals surface area contributed by atoms with Gasteiger partial charge < -0.3 is 15.5 Å². The van der Waals surface area contributed by atoms with Gasteiger partial charge in [-0.15, -0.1) is 0 Å². The monoisotopic (exact) mass is 300 g/mol. The third-order valence-corrected chi connectivity index (χ3v) is 3.16. The summed E-state index contributed by atoms with van der Waals surface area (Å²) in [6.45, 7) is 4.26. The van der Waals surface area contributed by atoms with Gasteiger partial charge >= 0.3 is 5.97 Å². The van der Waals surface area contributed by atoms with Crippen molar-refractivity contribution in [3.8, 4) is 0 Å². The summed E-state index contributed by atoms with van der Waals surface area (Å²) in [7, 11) is 0. The van der Waals surface area contributed by atoms with Gasteiger partial charge in [0.25, 0.3) is 0 Å². The maximum absolute atomic E-state index is 11.7.